The van der Waals surface area contributed by atoms with Gasteiger partial charge in [0, 0.05) is 99.1 Å². The number of halogens is 3. The van der Waals surface area contributed by atoms with Gasteiger partial charge < -0.3 is 30.7 Å². The van der Waals surface area contributed by atoms with Gasteiger partial charge in [0.1, 0.15) is 17.8 Å². The summed E-state index contributed by atoms with van der Waals surface area (Å²) in [5.41, 5.74) is 8.89. The Morgan fingerprint density at radius 1 is 1.02 bits per heavy atom. The Balaban J connectivity index is 1.05. The van der Waals surface area contributed by atoms with E-state index in [4.69, 9.17) is 15.4 Å². The topological polar surface area (TPSA) is 86.1 Å². The number of likely N-dealkylation sites (tertiary alicyclic amines) is 1. The summed E-state index contributed by atoms with van der Waals surface area (Å²) in [6, 6.07) is 13.5. The first-order valence-electron chi connectivity index (χ1n) is 18.9. The molecule has 2 unspecified atom stereocenters. The highest BCUT2D eigenvalue weighted by Gasteiger charge is 2.40. The number of allylic oxidation sites excluding steroid dienone is 2. The third-order valence-corrected chi connectivity index (χ3v) is 11.3. The molecule has 2 bridgehead atoms. The molecule has 0 aliphatic carbocycles. The summed E-state index contributed by atoms with van der Waals surface area (Å²) in [4.78, 5) is 18.1. The Labute approximate surface area is 316 Å². The van der Waals surface area contributed by atoms with Crippen molar-refractivity contribution in [1.82, 2.24) is 20.1 Å². The summed E-state index contributed by atoms with van der Waals surface area (Å²) in [6.07, 6.45) is 5.81. The first-order valence-corrected chi connectivity index (χ1v) is 18.9. The van der Waals surface area contributed by atoms with E-state index in [9.17, 15) is 8.78 Å². The van der Waals surface area contributed by atoms with Crippen molar-refractivity contribution in [2.75, 3.05) is 61.9 Å². The molecular formula is C42H50F3N9. The van der Waals surface area contributed by atoms with Crippen molar-refractivity contribution in [3.05, 3.63) is 102 Å². The van der Waals surface area contributed by atoms with Crippen LogP contribution in [0.25, 0.3) is 17.0 Å². The minimum atomic E-state index is -1.08. The van der Waals surface area contributed by atoms with E-state index in [1.807, 2.05) is 55.1 Å². The van der Waals surface area contributed by atoms with Gasteiger partial charge >= 0.3 is 0 Å². The summed E-state index contributed by atoms with van der Waals surface area (Å²) in [5.74, 6) is -0.488. The molecule has 5 heterocycles. The monoisotopic (exact) mass is 737 g/mol. The van der Waals surface area contributed by atoms with Crippen molar-refractivity contribution >= 4 is 46.2 Å². The van der Waals surface area contributed by atoms with Gasteiger partial charge in [-0.05, 0) is 74.6 Å². The highest BCUT2D eigenvalue weighted by molar-refractivity contribution is 6.16. The molecule has 0 amide bonds. The van der Waals surface area contributed by atoms with Crippen LogP contribution >= 0.6 is 0 Å². The summed E-state index contributed by atoms with van der Waals surface area (Å²) < 4.78 is 43.4. The first kappa shape index (κ1) is 37.2. The highest BCUT2D eigenvalue weighted by atomic mass is 19.1. The molecule has 4 aliphatic heterocycles. The average molecular weight is 738 g/mol. The van der Waals surface area contributed by atoms with E-state index in [0.29, 0.717) is 43.4 Å². The molecule has 3 aromatic rings. The van der Waals surface area contributed by atoms with Crippen LogP contribution in [-0.2, 0) is 0 Å². The van der Waals surface area contributed by atoms with Crippen LogP contribution in [0.15, 0.2) is 72.4 Å². The fourth-order valence-electron chi connectivity index (χ4n) is 8.16. The number of alkyl halides is 1. The maximum Gasteiger partial charge on any atom is 0.208 e. The number of aromatic nitrogens is 1. The number of rotatable bonds is 7. The zero-order valence-electron chi connectivity index (χ0n) is 31.4. The van der Waals surface area contributed by atoms with E-state index < -0.39 is 17.8 Å². The number of nitrogens with zero attached hydrogens (tertiary/aromatic N) is 6. The van der Waals surface area contributed by atoms with E-state index in [-0.39, 0.29) is 12.1 Å². The quantitative estimate of drug-likeness (QED) is 0.215. The largest absolute Gasteiger partial charge is 0.391 e. The molecule has 12 heteroatoms. The molecule has 284 valence electrons. The van der Waals surface area contributed by atoms with Gasteiger partial charge in [0.25, 0.3) is 0 Å². The molecule has 2 saturated heterocycles. The molecule has 54 heavy (non-hydrogen) atoms. The van der Waals surface area contributed by atoms with Gasteiger partial charge in [-0.2, -0.15) is 0 Å². The number of nitrogens with one attached hydrogen (secondary N) is 3. The molecule has 2 atom stereocenters. The second-order valence-corrected chi connectivity index (χ2v) is 14.8. The van der Waals surface area contributed by atoms with Gasteiger partial charge in [-0.1, -0.05) is 32.1 Å². The van der Waals surface area contributed by atoms with E-state index in [2.05, 4.69) is 39.7 Å². The molecule has 0 saturated carbocycles. The SMILES string of the molecule is C=C1/N=C2\Nc3ccc(C(=C)N(C)C4CCN(C5CN(c6cc(F)cc(F)c6)C5)CC4F)cc3N2CCCCCC/C(NC)=C(/C=N)c2cc1cc(C)n2. The van der Waals surface area contributed by atoms with Crippen LogP contribution in [0.3, 0.4) is 0 Å². The maximum atomic E-state index is 15.9. The smallest absolute Gasteiger partial charge is 0.208 e. The van der Waals surface area contributed by atoms with Crippen molar-refractivity contribution in [1.29, 1.82) is 5.41 Å². The number of anilines is 3. The molecule has 0 radical (unpaired) electrons. The van der Waals surface area contributed by atoms with Gasteiger partial charge in [0.15, 0.2) is 0 Å². The lowest BCUT2D eigenvalue weighted by Gasteiger charge is -2.50. The maximum absolute atomic E-state index is 15.9. The van der Waals surface area contributed by atoms with Gasteiger partial charge in [-0.3, -0.25) is 9.88 Å². The highest BCUT2D eigenvalue weighted by Crippen LogP contribution is 2.38. The lowest BCUT2D eigenvalue weighted by Crippen LogP contribution is -2.64. The summed E-state index contributed by atoms with van der Waals surface area (Å²) >= 11 is 0. The van der Waals surface area contributed by atoms with Crippen LogP contribution in [0.4, 0.5) is 30.2 Å². The Hall–Kier alpha value is -5.10. The third-order valence-electron chi connectivity index (χ3n) is 11.3. The number of benzene rings is 2. The molecule has 2 aromatic carbocycles. The lowest BCUT2D eigenvalue weighted by atomic mass is 9.96. The van der Waals surface area contributed by atoms with E-state index in [0.717, 1.165) is 102 Å². The van der Waals surface area contributed by atoms with Crippen molar-refractivity contribution in [3.63, 3.8) is 0 Å². The van der Waals surface area contributed by atoms with E-state index in [1.54, 1.807) is 0 Å². The average Bonchev–Trinajstić information content (AvgIpc) is 3.46. The number of piperidine rings is 1. The lowest BCUT2D eigenvalue weighted by molar-refractivity contribution is 0.0377. The van der Waals surface area contributed by atoms with Crippen LogP contribution in [0, 0.1) is 24.0 Å². The fourth-order valence-corrected chi connectivity index (χ4v) is 8.16. The summed E-state index contributed by atoms with van der Waals surface area (Å²) in [7, 11) is 3.83. The van der Waals surface area contributed by atoms with Crippen molar-refractivity contribution < 1.29 is 13.2 Å². The second kappa shape index (κ2) is 15.7. The van der Waals surface area contributed by atoms with Crippen molar-refractivity contribution in [3.8, 4) is 0 Å². The minimum Gasteiger partial charge on any atom is -0.391 e. The molecule has 7 rings (SSSR count). The minimum absolute atomic E-state index is 0.143. The molecule has 0 spiro atoms. The molecule has 1 aromatic heterocycles. The normalized spacial score (nSPS) is 23.5. The van der Waals surface area contributed by atoms with E-state index in [1.165, 1.54) is 18.3 Å². The molecule has 3 N–H and O–H groups in total. The fraction of sp³-hybridized carbons (Fsp3) is 0.405. The van der Waals surface area contributed by atoms with Crippen molar-refractivity contribution in [2.45, 2.75) is 63.7 Å². The van der Waals surface area contributed by atoms with Crippen LogP contribution < -0.4 is 20.4 Å². The first-order chi connectivity index (χ1) is 26.0. The van der Waals surface area contributed by atoms with Crippen LogP contribution in [-0.4, -0.2) is 92.0 Å². The van der Waals surface area contributed by atoms with Gasteiger partial charge in [0.2, 0.25) is 5.96 Å². The Morgan fingerprint density at radius 2 is 1.78 bits per heavy atom. The Kier molecular flexibility index (Phi) is 10.8. The molecule has 2 fully saturated rings. The number of guanidine groups is 1. The van der Waals surface area contributed by atoms with Gasteiger partial charge in [-0.25, -0.2) is 18.2 Å². The Bertz CT molecular complexity index is 1980. The Morgan fingerprint density at radius 3 is 2.50 bits per heavy atom. The second-order valence-electron chi connectivity index (χ2n) is 14.8. The summed E-state index contributed by atoms with van der Waals surface area (Å²) in [5, 5.41) is 15.0. The number of aliphatic imine (C=N–C) groups is 1. The number of fused-ring (bicyclic) bond motifs is 5. The molecule has 9 nitrogen and oxygen atoms in total. The standard InChI is InChI=1S/C42H50F3N9/c1-26-16-30-17-39(48-26)35(22-46)37(47-4)10-8-6-7-9-14-54-41-18-29(11-12-38(41)50-42(54)49-27(30)2)28(3)51(5)40-13-15-52(25-36(40)45)34-23-53(24-34)33-20-31(43)19-32(44)21-33/h11-12,16-22,34,36,40,46-47H,2-3,6-10,13-15,23-25H2,1,4-5H3,(H,49,50)/b37-35+,46-22?. The number of pyridine rings is 1. The molecule has 4 aliphatic rings. The van der Waals surface area contributed by atoms with Gasteiger partial charge in [0.05, 0.1) is 28.8 Å². The predicted molar refractivity (Wildman–Crippen MR) is 215 cm³/mol. The van der Waals surface area contributed by atoms with Crippen LogP contribution in [0.5, 0.6) is 0 Å². The van der Waals surface area contributed by atoms with Crippen LogP contribution in [0.1, 0.15) is 61.0 Å². The number of hydrogen-bond acceptors (Lipinski definition) is 9. The third kappa shape index (κ3) is 7.62. The van der Waals surface area contributed by atoms with Crippen molar-refractivity contribution in [2.24, 2.45) is 4.99 Å². The summed E-state index contributed by atoms with van der Waals surface area (Å²) in [6.45, 7) is 13.8. The number of hydrogen-bond donors (Lipinski definition) is 3. The molecular weight excluding hydrogens is 688 g/mol. The van der Waals surface area contributed by atoms with E-state index >= 15 is 4.39 Å². The van der Waals surface area contributed by atoms with Gasteiger partial charge in [-0.15, -0.1) is 0 Å². The predicted octanol–water partition coefficient (Wildman–Crippen LogP) is 7.67. The zero-order chi connectivity index (χ0) is 38.1. The number of aryl methyl sites for hydroxylation is 1. The zero-order valence-corrected chi connectivity index (χ0v) is 31.4. The van der Waals surface area contributed by atoms with Crippen LogP contribution in [0.2, 0.25) is 0 Å².